The lowest BCUT2D eigenvalue weighted by Gasteiger charge is -2.29. The van der Waals surface area contributed by atoms with Crippen LogP contribution in [-0.4, -0.2) is 20.9 Å². The zero-order chi connectivity index (χ0) is 20.1. The van der Waals surface area contributed by atoms with Gasteiger partial charge in [-0.25, -0.2) is 9.87 Å². The van der Waals surface area contributed by atoms with Crippen LogP contribution >= 0.6 is 0 Å². The van der Waals surface area contributed by atoms with Crippen molar-refractivity contribution in [1.82, 2.24) is 15.3 Å². The first-order chi connectivity index (χ1) is 13.4. The van der Waals surface area contributed by atoms with Gasteiger partial charge < -0.3 is 0 Å². The van der Waals surface area contributed by atoms with Gasteiger partial charge in [-0.2, -0.15) is 5.10 Å². The van der Waals surface area contributed by atoms with E-state index in [0.29, 0.717) is 24.0 Å². The number of hydrogen-bond donors (Lipinski definition) is 2. The van der Waals surface area contributed by atoms with Crippen molar-refractivity contribution in [3.8, 4) is 11.3 Å². The minimum atomic E-state index is -1.09. The Morgan fingerprint density at radius 2 is 1.89 bits per heavy atom. The van der Waals surface area contributed by atoms with Crippen molar-refractivity contribution in [3.05, 3.63) is 76.2 Å². The normalized spacial score (nSPS) is 18.2. The van der Waals surface area contributed by atoms with Crippen LogP contribution in [0.4, 0.5) is 4.39 Å². The highest BCUT2D eigenvalue weighted by atomic mass is 19.1. The van der Waals surface area contributed by atoms with Crippen molar-refractivity contribution in [2.45, 2.75) is 32.1 Å². The highest BCUT2D eigenvalue weighted by Crippen LogP contribution is 2.44. The minimum Gasteiger partial charge on any atom is -0.289 e. The number of hydrogen-bond acceptors (Lipinski definition) is 3. The van der Waals surface area contributed by atoms with Gasteiger partial charge in [0.15, 0.2) is 0 Å². The topological polar surface area (TPSA) is 67.2 Å². The second kappa shape index (κ2) is 6.56. The average molecular weight is 379 g/mol. The van der Waals surface area contributed by atoms with E-state index in [1.165, 1.54) is 6.07 Å². The molecule has 1 aromatic heterocycles. The number of rotatable bonds is 3. The van der Waals surface area contributed by atoms with Gasteiger partial charge in [-0.3, -0.25) is 14.7 Å². The van der Waals surface area contributed by atoms with Crippen LogP contribution in [0.1, 0.15) is 27.9 Å². The van der Waals surface area contributed by atoms with Gasteiger partial charge in [-0.05, 0) is 37.5 Å². The van der Waals surface area contributed by atoms with Crippen LogP contribution in [0, 0.1) is 19.7 Å². The maximum atomic E-state index is 14.3. The molecule has 3 aromatic rings. The zero-order valence-corrected chi connectivity index (χ0v) is 16.1. The number of nitrogens with zero attached hydrogens (tertiary/aromatic N) is 2. The quantitative estimate of drug-likeness (QED) is 0.542. The molecule has 4 rings (SSSR count). The predicted octanol–water partition coefficient (Wildman–Crippen LogP) is 3.39. The van der Waals surface area contributed by atoms with Crippen molar-refractivity contribution in [2.24, 2.45) is 7.05 Å². The molecule has 2 N–H and O–H groups in total. The van der Waals surface area contributed by atoms with Gasteiger partial charge in [0.05, 0.1) is 16.8 Å². The zero-order valence-electron chi connectivity index (χ0n) is 16.1. The molecule has 1 amide bonds. The summed E-state index contributed by atoms with van der Waals surface area (Å²) in [5.41, 5.74) is 6.57. The molecule has 0 unspecified atom stereocenters. The molecule has 1 aliphatic rings. The second-order valence-electron chi connectivity index (χ2n) is 7.55. The first-order valence-electron chi connectivity index (χ1n) is 9.19. The molecule has 28 heavy (non-hydrogen) atoms. The van der Waals surface area contributed by atoms with Gasteiger partial charge in [0.1, 0.15) is 5.82 Å². The number of carbonyl (C=O) groups excluding carboxylic acids is 1. The third-order valence-corrected chi connectivity index (χ3v) is 5.82. The van der Waals surface area contributed by atoms with Gasteiger partial charge in [0, 0.05) is 24.6 Å². The first kappa shape index (κ1) is 18.4. The van der Waals surface area contributed by atoms with Crippen molar-refractivity contribution in [2.75, 3.05) is 0 Å². The van der Waals surface area contributed by atoms with E-state index in [1.807, 2.05) is 42.9 Å². The third-order valence-electron chi connectivity index (χ3n) is 5.82. The fraction of sp³-hybridized carbons (Fsp3) is 0.273. The number of carbonyl (C=O) groups is 1. The van der Waals surface area contributed by atoms with E-state index in [-0.39, 0.29) is 5.82 Å². The highest BCUT2D eigenvalue weighted by Gasteiger charge is 2.49. The van der Waals surface area contributed by atoms with E-state index >= 15 is 0 Å². The predicted molar refractivity (Wildman–Crippen MR) is 104 cm³/mol. The van der Waals surface area contributed by atoms with Crippen molar-refractivity contribution >= 4 is 5.91 Å². The lowest BCUT2D eigenvalue weighted by Crippen LogP contribution is -2.45. The summed E-state index contributed by atoms with van der Waals surface area (Å²) in [7, 11) is 1.88. The largest absolute Gasteiger partial charge is 0.289 e. The number of fused-ring (bicyclic) bond motifs is 1. The Bertz CT molecular complexity index is 1070. The molecule has 1 aliphatic carbocycles. The average Bonchev–Trinajstić information content (AvgIpc) is 3.18. The summed E-state index contributed by atoms with van der Waals surface area (Å²) in [5.74, 6) is -0.914. The molecule has 0 aliphatic heterocycles. The summed E-state index contributed by atoms with van der Waals surface area (Å²) >= 11 is 0. The Hall–Kier alpha value is -2.99. The maximum absolute atomic E-state index is 14.3. The van der Waals surface area contributed by atoms with Gasteiger partial charge in [-0.1, -0.05) is 42.0 Å². The van der Waals surface area contributed by atoms with Crippen molar-refractivity contribution in [1.29, 1.82) is 0 Å². The summed E-state index contributed by atoms with van der Waals surface area (Å²) in [6.07, 6.45) is 0.648. The number of aromatic nitrogens is 2. The molecule has 0 saturated heterocycles. The highest BCUT2D eigenvalue weighted by molar-refractivity contribution is 5.90. The fourth-order valence-corrected chi connectivity index (χ4v) is 4.38. The first-order valence-corrected chi connectivity index (χ1v) is 9.19. The lowest BCUT2D eigenvalue weighted by atomic mass is 9.75. The van der Waals surface area contributed by atoms with Crippen molar-refractivity contribution in [3.63, 3.8) is 0 Å². The minimum absolute atomic E-state index is 0.304. The van der Waals surface area contributed by atoms with Crippen LogP contribution in [0.15, 0.2) is 42.5 Å². The SMILES string of the molecule is Cc1ccc(-c2c3c(nn2C)C[C@@](C(=O)NO)(c2cccc(F)c2C)C3)cc1. The smallest absolute Gasteiger partial charge is 0.254 e. The standard InChI is InChI=1S/C22H22FN3O2/c1-13-7-9-15(10-8-13)20-16-11-22(21(27)25-28,12-19(16)24-26(20)3)17-5-4-6-18(23)14(17)2/h4-10,28H,11-12H2,1-3H3,(H,25,27)/t22-/m1/s1. The summed E-state index contributed by atoms with van der Waals surface area (Å²) in [6.45, 7) is 3.69. The van der Waals surface area contributed by atoms with Crippen LogP contribution in [0.3, 0.4) is 0 Å². The summed E-state index contributed by atoms with van der Waals surface area (Å²) in [5, 5.41) is 14.1. The van der Waals surface area contributed by atoms with Crippen LogP contribution in [0.5, 0.6) is 0 Å². The van der Waals surface area contributed by atoms with Gasteiger partial charge >= 0.3 is 0 Å². The van der Waals surface area contributed by atoms with Crippen LogP contribution in [-0.2, 0) is 30.1 Å². The summed E-state index contributed by atoms with van der Waals surface area (Å²) in [4.78, 5) is 12.8. The summed E-state index contributed by atoms with van der Waals surface area (Å²) in [6, 6.07) is 12.9. The van der Waals surface area contributed by atoms with E-state index in [0.717, 1.165) is 28.1 Å². The number of hydroxylamine groups is 1. The Balaban J connectivity index is 1.87. The van der Waals surface area contributed by atoms with Gasteiger partial charge in [0.2, 0.25) is 0 Å². The number of halogens is 1. The van der Waals surface area contributed by atoms with Crippen LogP contribution in [0.2, 0.25) is 0 Å². The van der Waals surface area contributed by atoms with Crippen LogP contribution < -0.4 is 5.48 Å². The molecule has 0 fully saturated rings. The van der Waals surface area contributed by atoms with Gasteiger partial charge in [0.25, 0.3) is 5.91 Å². The molecular formula is C22H22FN3O2. The number of aryl methyl sites for hydroxylation is 2. The van der Waals surface area contributed by atoms with Crippen molar-refractivity contribution < 1.29 is 14.4 Å². The number of benzene rings is 2. The molecule has 2 aromatic carbocycles. The molecule has 144 valence electrons. The molecule has 5 nitrogen and oxygen atoms in total. The molecule has 0 radical (unpaired) electrons. The van der Waals surface area contributed by atoms with E-state index in [9.17, 15) is 14.4 Å². The Kier molecular flexibility index (Phi) is 4.31. The van der Waals surface area contributed by atoms with E-state index < -0.39 is 11.3 Å². The Morgan fingerprint density at radius 1 is 1.18 bits per heavy atom. The molecular weight excluding hydrogens is 357 g/mol. The molecule has 0 spiro atoms. The van der Waals surface area contributed by atoms with Gasteiger partial charge in [-0.15, -0.1) is 0 Å². The fourth-order valence-electron chi connectivity index (χ4n) is 4.38. The molecule has 1 heterocycles. The number of nitrogens with one attached hydrogen (secondary N) is 1. The maximum Gasteiger partial charge on any atom is 0.254 e. The molecule has 0 bridgehead atoms. The Morgan fingerprint density at radius 3 is 2.57 bits per heavy atom. The molecule has 0 saturated carbocycles. The third kappa shape index (κ3) is 2.64. The lowest BCUT2D eigenvalue weighted by molar-refractivity contribution is -0.135. The summed E-state index contributed by atoms with van der Waals surface area (Å²) < 4.78 is 16.1. The van der Waals surface area contributed by atoms with E-state index in [4.69, 9.17) is 0 Å². The van der Waals surface area contributed by atoms with E-state index in [2.05, 4.69) is 5.10 Å². The van der Waals surface area contributed by atoms with E-state index in [1.54, 1.807) is 24.5 Å². The number of amides is 1. The monoisotopic (exact) mass is 379 g/mol. The Labute approximate surface area is 162 Å². The second-order valence-corrected chi connectivity index (χ2v) is 7.55. The van der Waals surface area contributed by atoms with Crippen LogP contribution in [0.25, 0.3) is 11.3 Å². The molecule has 1 atom stereocenters. The molecule has 6 heteroatoms.